The van der Waals surface area contributed by atoms with Crippen LogP contribution < -0.4 is 5.32 Å². The van der Waals surface area contributed by atoms with Gasteiger partial charge >= 0.3 is 6.18 Å². The first-order chi connectivity index (χ1) is 7.84. The Morgan fingerprint density at radius 3 is 2.35 bits per heavy atom. The van der Waals surface area contributed by atoms with E-state index in [0.717, 1.165) is 12.3 Å². The van der Waals surface area contributed by atoms with Crippen LogP contribution in [0.4, 0.5) is 19.0 Å². The van der Waals surface area contributed by atoms with E-state index >= 15 is 0 Å². The Balaban J connectivity index is 2.75. The lowest BCUT2D eigenvalue weighted by Gasteiger charge is -2.20. The maximum absolute atomic E-state index is 12.3. The number of hydrogen-bond acceptors (Lipinski definition) is 2. The largest absolute Gasteiger partial charge is 0.417 e. The van der Waals surface area contributed by atoms with Crippen LogP contribution in [0.3, 0.4) is 0 Å². The minimum atomic E-state index is -4.35. The highest BCUT2D eigenvalue weighted by molar-refractivity contribution is 6.18. The molecule has 0 saturated heterocycles. The van der Waals surface area contributed by atoms with Gasteiger partial charge in [0, 0.05) is 18.1 Å². The first-order valence-corrected chi connectivity index (χ1v) is 5.73. The lowest BCUT2D eigenvalue weighted by atomic mass is 10.1. The zero-order valence-electron chi connectivity index (χ0n) is 9.55. The summed E-state index contributed by atoms with van der Waals surface area (Å²) in [6.07, 6.45) is -3.54. The summed E-state index contributed by atoms with van der Waals surface area (Å²) in [5.41, 5.74) is -0.755. The predicted molar refractivity (Wildman–Crippen MR) is 62.2 cm³/mol. The van der Waals surface area contributed by atoms with Gasteiger partial charge in [0.05, 0.1) is 5.56 Å². The minimum absolute atomic E-state index is 0.0131. The maximum atomic E-state index is 12.3. The average molecular weight is 267 g/mol. The Kier molecular flexibility index (Phi) is 4.62. The van der Waals surface area contributed by atoms with Gasteiger partial charge in [0.15, 0.2) is 0 Å². The van der Waals surface area contributed by atoms with Crippen molar-refractivity contribution in [1.29, 1.82) is 0 Å². The van der Waals surface area contributed by atoms with Crippen LogP contribution in [0.5, 0.6) is 0 Å². The number of halogens is 4. The third kappa shape index (κ3) is 4.07. The highest BCUT2D eigenvalue weighted by atomic mass is 35.5. The molecule has 1 heterocycles. The van der Waals surface area contributed by atoms with Crippen molar-refractivity contribution in [3.8, 4) is 0 Å². The molecule has 1 aromatic heterocycles. The van der Waals surface area contributed by atoms with Gasteiger partial charge < -0.3 is 5.32 Å². The highest BCUT2D eigenvalue weighted by Gasteiger charge is 2.30. The second-order valence-electron chi connectivity index (χ2n) is 4.08. The second-order valence-corrected chi connectivity index (χ2v) is 4.39. The molecule has 1 aromatic rings. The molecule has 2 nitrogen and oxygen atoms in total. The van der Waals surface area contributed by atoms with Crippen molar-refractivity contribution in [2.75, 3.05) is 11.2 Å². The van der Waals surface area contributed by atoms with E-state index in [-0.39, 0.29) is 12.0 Å². The molecule has 0 radical (unpaired) electrons. The second kappa shape index (κ2) is 5.58. The minimum Gasteiger partial charge on any atom is -0.366 e. The van der Waals surface area contributed by atoms with Crippen LogP contribution >= 0.6 is 11.6 Å². The lowest BCUT2D eigenvalue weighted by molar-refractivity contribution is -0.137. The molecule has 1 atom stereocenters. The fourth-order valence-corrected chi connectivity index (χ4v) is 1.65. The van der Waals surface area contributed by atoms with Crippen molar-refractivity contribution in [2.45, 2.75) is 26.1 Å². The zero-order valence-corrected chi connectivity index (χ0v) is 10.3. The Morgan fingerprint density at radius 2 is 2.00 bits per heavy atom. The van der Waals surface area contributed by atoms with Crippen LogP contribution in [-0.4, -0.2) is 16.9 Å². The van der Waals surface area contributed by atoms with Crippen molar-refractivity contribution in [3.05, 3.63) is 23.9 Å². The van der Waals surface area contributed by atoms with E-state index in [9.17, 15) is 13.2 Å². The Labute approximate surface area is 103 Å². The van der Waals surface area contributed by atoms with Crippen LogP contribution in [0.1, 0.15) is 19.4 Å². The molecule has 0 aliphatic heterocycles. The summed E-state index contributed by atoms with van der Waals surface area (Å²) in [5.74, 6) is 1.05. The molecule has 0 amide bonds. The molecular formula is C11H14ClF3N2. The number of nitrogens with zero attached hydrogens (tertiary/aromatic N) is 1. The molecule has 0 spiro atoms. The van der Waals surface area contributed by atoms with Gasteiger partial charge in [-0.05, 0) is 18.1 Å². The van der Waals surface area contributed by atoms with Crippen molar-refractivity contribution in [1.82, 2.24) is 4.98 Å². The normalized spacial score (nSPS) is 13.8. The fraction of sp³-hybridized carbons (Fsp3) is 0.545. The predicted octanol–water partition coefficient (Wildman–Crippen LogP) is 3.78. The molecule has 0 aliphatic rings. The van der Waals surface area contributed by atoms with Gasteiger partial charge in [-0.2, -0.15) is 13.2 Å². The third-order valence-electron chi connectivity index (χ3n) is 2.40. The van der Waals surface area contributed by atoms with E-state index in [1.54, 1.807) is 0 Å². The molecule has 96 valence electrons. The molecule has 0 fully saturated rings. The SMILES string of the molecule is CC(C)C(CCl)Nc1ccc(C(F)(F)F)cn1. The summed E-state index contributed by atoms with van der Waals surface area (Å²) in [7, 11) is 0. The van der Waals surface area contributed by atoms with Crippen LogP contribution in [0.15, 0.2) is 18.3 Å². The van der Waals surface area contributed by atoms with Crippen LogP contribution in [0.25, 0.3) is 0 Å². The van der Waals surface area contributed by atoms with Crippen molar-refractivity contribution >= 4 is 17.4 Å². The Bertz CT molecular complexity index is 349. The number of nitrogens with one attached hydrogen (secondary N) is 1. The first kappa shape index (κ1) is 14.1. The van der Waals surface area contributed by atoms with E-state index in [1.807, 2.05) is 13.8 Å². The van der Waals surface area contributed by atoms with E-state index in [2.05, 4.69) is 10.3 Å². The molecule has 0 aliphatic carbocycles. The molecule has 0 aromatic carbocycles. The molecule has 17 heavy (non-hydrogen) atoms. The van der Waals surface area contributed by atoms with E-state index < -0.39 is 11.7 Å². The van der Waals surface area contributed by atoms with Crippen molar-refractivity contribution in [2.24, 2.45) is 5.92 Å². The van der Waals surface area contributed by atoms with Crippen LogP contribution in [-0.2, 0) is 6.18 Å². The molecular weight excluding hydrogens is 253 g/mol. The smallest absolute Gasteiger partial charge is 0.366 e. The van der Waals surface area contributed by atoms with Gasteiger partial charge in [0.1, 0.15) is 5.82 Å². The molecule has 0 bridgehead atoms. The first-order valence-electron chi connectivity index (χ1n) is 5.20. The Morgan fingerprint density at radius 1 is 1.35 bits per heavy atom. The number of aromatic nitrogens is 1. The fourth-order valence-electron chi connectivity index (χ4n) is 1.22. The van der Waals surface area contributed by atoms with Gasteiger partial charge in [-0.1, -0.05) is 13.8 Å². The lowest BCUT2D eigenvalue weighted by Crippen LogP contribution is -2.27. The van der Waals surface area contributed by atoms with Gasteiger partial charge in [0.2, 0.25) is 0 Å². The topological polar surface area (TPSA) is 24.9 Å². The average Bonchev–Trinajstić information content (AvgIpc) is 2.25. The van der Waals surface area contributed by atoms with E-state index in [4.69, 9.17) is 11.6 Å². The van der Waals surface area contributed by atoms with Crippen LogP contribution in [0, 0.1) is 5.92 Å². The van der Waals surface area contributed by atoms with Gasteiger partial charge in [-0.15, -0.1) is 11.6 Å². The maximum Gasteiger partial charge on any atom is 0.417 e. The quantitative estimate of drug-likeness (QED) is 0.839. The van der Waals surface area contributed by atoms with Crippen molar-refractivity contribution in [3.63, 3.8) is 0 Å². The van der Waals surface area contributed by atoms with Gasteiger partial charge in [0.25, 0.3) is 0 Å². The monoisotopic (exact) mass is 266 g/mol. The number of anilines is 1. The van der Waals surface area contributed by atoms with E-state index in [0.29, 0.717) is 11.7 Å². The molecule has 1 N–H and O–H groups in total. The van der Waals surface area contributed by atoms with Gasteiger partial charge in [-0.3, -0.25) is 0 Å². The molecule has 6 heteroatoms. The summed E-state index contributed by atoms with van der Waals surface area (Å²) >= 11 is 5.75. The zero-order chi connectivity index (χ0) is 13.1. The molecule has 1 rings (SSSR count). The van der Waals surface area contributed by atoms with E-state index in [1.165, 1.54) is 6.07 Å². The van der Waals surface area contributed by atoms with Crippen molar-refractivity contribution < 1.29 is 13.2 Å². The summed E-state index contributed by atoms with van der Waals surface area (Å²) < 4.78 is 36.9. The standard InChI is InChI=1S/C11H14ClF3N2/c1-7(2)9(5-12)17-10-4-3-8(6-16-10)11(13,14)15/h3-4,6-7,9H,5H2,1-2H3,(H,16,17). The Hall–Kier alpha value is -0.970. The number of rotatable bonds is 4. The summed E-state index contributed by atoms with van der Waals surface area (Å²) in [5, 5.41) is 3.00. The summed E-state index contributed by atoms with van der Waals surface area (Å²) in [6.45, 7) is 3.95. The number of alkyl halides is 4. The number of hydrogen-bond donors (Lipinski definition) is 1. The summed E-state index contributed by atoms with van der Waals surface area (Å²) in [4.78, 5) is 3.73. The van der Waals surface area contributed by atoms with Gasteiger partial charge in [-0.25, -0.2) is 4.98 Å². The summed E-state index contributed by atoms with van der Waals surface area (Å²) in [6, 6.07) is 2.30. The van der Waals surface area contributed by atoms with Crippen LogP contribution in [0.2, 0.25) is 0 Å². The number of pyridine rings is 1. The molecule has 0 saturated carbocycles. The molecule has 1 unspecified atom stereocenters. The third-order valence-corrected chi connectivity index (χ3v) is 2.73. The highest BCUT2D eigenvalue weighted by Crippen LogP contribution is 2.29.